The van der Waals surface area contributed by atoms with Crippen LogP contribution in [0.15, 0.2) is 29.4 Å². The van der Waals surface area contributed by atoms with Gasteiger partial charge in [0.15, 0.2) is 5.78 Å². The van der Waals surface area contributed by atoms with Crippen LogP contribution < -0.4 is 5.32 Å². The molecule has 0 saturated carbocycles. The molecule has 2 N–H and O–H groups in total. The third kappa shape index (κ3) is 6.21. The number of ketones is 1. The van der Waals surface area contributed by atoms with E-state index in [9.17, 15) is 9.59 Å². The van der Waals surface area contributed by atoms with Gasteiger partial charge in [0.05, 0.1) is 0 Å². The second-order valence-electron chi connectivity index (χ2n) is 5.30. The third-order valence-electron chi connectivity index (χ3n) is 2.99. The molecule has 0 saturated heterocycles. The Morgan fingerprint density at radius 2 is 1.95 bits per heavy atom. The third-order valence-corrected chi connectivity index (χ3v) is 2.99. The van der Waals surface area contributed by atoms with E-state index in [-0.39, 0.29) is 17.4 Å². The molecular weight excluding hydrogens is 266 g/mol. The molecular formula is C16H23N3O2. The van der Waals surface area contributed by atoms with Crippen LogP contribution in [0.4, 0.5) is 0 Å². The Hall–Kier alpha value is -2.17. The fraction of sp³-hybridized carbons (Fsp3) is 0.438. The van der Waals surface area contributed by atoms with Crippen molar-refractivity contribution >= 4 is 11.7 Å². The van der Waals surface area contributed by atoms with Crippen LogP contribution in [0.3, 0.4) is 0 Å². The highest BCUT2D eigenvalue weighted by Gasteiger charge is 2.10. The van der Waals surface area contributed by atoms with Crippen molar-refractivity contribution in [1.82, 2.24) is 15.5 Å². The number of hydrogen-bond acceptors (Lipinski definition) is 3. The van der Waals surface area contributed by atoms with Gasteiger partial charge in [-0.05, 0) is 39.7 Å². The van der Waals surface area contributed by atoms with Gasteiger partial charge in [0.25, 0.3) is 5.91 Å². The number of Topliss-reactive ketones (excluding diaryl/α,β-unsaturated/α-hetero) is 1. The summed E-state index contributed by atoms with van der Waals surface area (Å²) in [6.07, 6.45) is 6.20. The minimum absolute atomic E-state index is 0.166. The zero-order valence-corrected chi connectivity index (χ0v) is 13.1. The lowest BCUT2D eigenvalue weighted by Crippen LogP contribution is -2.23. The van der Waals surface area contributed by atoms with E-state index in [1.54, 1.807) is 0 Å². The predicted octanol–water partition coefficient (Wildman–Crippen LogP) is 3.03. The Kier molecular flexibility index (Phi) is 6.59. The molecule has 1 aromatic heterocycles. The maximum absolute atomic E-state index is 11.8. The van der Waals surface area contributed by atoms with E-state index in [0.29, 0.717) is 12.2 Å². The van der Waals surface area contributed by atoms with Crippen molar-refractivity contribution in [2.75, 3.05) is 6.54 Å². The summed E-state index contributed by atoms with van der Waals surface area (Å²) in [5.41, 5.74) is 3.13. The summed E-state index contributed by atoms with van der Waals surface area (Å²) in [5.74, 6) is -0.427. The maximum atomic E-state index is 11.8. The SMILES string of the molecule is CC(=O)c1cc(C(=O)NCC=C(C)CCC=C(C)C)[nH]n1. The van der Waals surface area contributed by atoms with E-state index in [1.807, 2.05) is 6.08 Å². The number of amides is 1. The first kappa shape index (κ1) is 16.9. The number of aromatic amines is 1. The summed E-state index contributed by atoms with van der Waals surface area (Å²) >= 11 is 0. The average molecular weight is 289 g/mol. The number of H-pyrrole nitrogens is 1. The Balaban J connectivity index is 2.41. The Labute approximate surface area is 125 Å². The van der Waals surface area contributed by atoms with Gasteiger partial charge in [-0.1, -0.05) is 23.3 Å². The minimum Gasteiger partial charge on any atom is -0.347 e. The monoisotopic (exact) mass is 289 g/mol. The van der Waals surface area contributed by atoms with Gasteiger partial charge in [0.1, 0.15) is 11.4 Å². The molecule has 21 heavy (non-hydrogen) atoms. The van der Waals surface area contributed by atoms with E-state index < -0.39 is 0 Å². The van der Waals surface area contributed by atoms with Crippen molar-refractivity contribution in [2.45, 2.75) is 40.5 Å². The standard InChI is InChI=1S/C16H23N3O2/c1-11(2)6-5-7-12(3)8-9-17-16(21)15-10-14(13(4)20)18-19-15/h6,8,10H,5,7,9H2,1-4H3,(H,17,21)(H,18,19). The van der Waals surface area contributed by atoms with Crippen LogP contribution in [0.5, 0.6) is 0 Å². The maximum Gasteiger partial charge on any atom is 0.269 e. The molecule has 114 valence electrons. The van der Waals surface area contributed by atoms with Crippen LogP contribution in [0.2, 0.25) is 0 Å². The van der Waals surface area contributed by atoms with Crippen LogP contribution >= 0.6 is 0 Å². The molecule has 0 aliphatic rings. The van der Waals surface area contributed by atoms with E-state index in [4.69, 9.17) is 0 Å². The summed E-state index contributed by atoms with van der Waals surface area (Å²) in [6, 6.07) is 1.46. The van der Waals surface area contributed by atoms with Gasteiger partial charge in [-0.15, -0.1) is 0 Å². The van der Waals surface area contributed by atoms with Crippen molar-refractivity contribution in [3.8, 4) is 0 Å². The largest absolute Gasteiger partial charge is 0.347 e. The van der Waals surface area contributed by atoms with Gasteiger partial charge in [-0.25, -0.2) is 0 Å². The molecule has 0 aliphatic carbocycles. The number of carbonyl (C=O) groups excluding carboxylic acids is 2. The normalized spacial score (nSPS) is 11.1. The summed E-state index contributed by atoms with van der Waals surface area (Å²) < 4.78 is 0. The molecule has 1 aromatic rings. The van der Waals surface area contributed by atoms with Gasteiger partial charge in [0, 0.05) is 13.5 Å². The van der Waals surface area contributed by atoms with Crippen LogP contribution in [0, 0.1) is 0 Å². The molecule has 0 fully saturated rings. The lowest BCUT2D eigenvalue weighted by Gasteiger charge is -2.02. The highest BCUT2D eigenvalue weighted by Crippen LogP contribution is 2.06. The van der Waals surface area contributed by atoms with Crippen LogP contribution in [-0.4, -0.2) is 28.4 Å². The van der Waals surface area contributed by atoms with Crippen molar-refractivity contribution in [3.05, 3.63) is 40.8 Å². The summed E-state index contributed by atoms with van der Waals surface area (Å²) in [5, 5.41) is 9.11. The van der Waals surface area contributed by atoms with Crippen molar-refractivity contribution in [2.24, 2.45) is 0 Å². The first-order valence-electron chi connectivity index (χ1n) is 7.03. The molecule has 0 bridgehead atoms. The fourth-order valence-electron chi connectivity index (χ4n) is 1.72. The van der Waals surface area contributed by atoms with E-state index in [0.717, 1.165) is 12.8 Å². The number of allylic oxidation sites excluding steroid dienone is 3. The van der Waals surface area contributed by atoms with Crippen molar-refractivity contribution in [1.29, 1.82) is 0 Å². The molecule has 0 aliphatic heterocycles. The van der Waals surface area contributed by atoms with Crippen LogP contribution in [0.25, 0.3) is 0 Å². The average Bonchev–Trinajstić information content (AvgIpc) is 2.87. The van der Waals surface area contributed by atoms with Crippen molar-refractivity contribution < 1.29 is 9.59 Å². The first-order valence-corrected chi connectivity index (χ1v) is 7.03. The Morgan fingerprint density at radius 3 is 2.52 bits per heavy atom. The van der Waals surface area contributed by atoms with Crippen molar-refractivity contribution in [3.63, 3.8) is 0 Å². The minimum atomic E-state index is -0.261. The van der Waals surface area contributed by atoms with E-state index in [1.165, 1.54) is 24.1 Å². The number of nitrogens with zero attached hydrogens (tertiary/aromatic N) is 1. The molecule has 0 atom stereocenters. The van der Waals surface area contributed by atoms with Gasteiger partial charge < -0.3 is 5.32 Å². The zero-order valence-electron chi connectivity index (χ0n) is 13.1. The summed E-state index contributed by atoms with van der Waals surface area (Å²) in [4.78, 5) is 22.9. The number of carbonyl (C=O) groups is 2. The molecule has 1 amide bonds. The topological polar surface area (TPSA) is 74.8 Å². The van der Waals surface area contributed by atoms with Crippen LogP contribution in [-0.2, 0) is 0 Å². The fourth-order valence-corrected chi connectivity index (χ4v) is 1.72. The quantitative estimate of drug-likeness (QED) is 0.598. The molecule has 0 spiro atoms. The van der Waals surface area contributed by atoms with Gasteiger partial charge >= 0.3 is 0 Å². The van der Waals surface area contributed by atoms with E-state index >= 15 is 0 Å². The van der Waals surface area contributed by atoms with E-state index in [2.05, 4.69) is 42.4 Å². The molecule has 5 nitrogen and oxygen atoms in total. The smallest absolute Gasteiger partial charge is 0.269 e. The van der Waals surface area contributed by atoms with Crippen LogP contribution in [0.1, 0.15) is 61.5 Å². The first-order chi connectivity index (χ1) is 9.90. The summed E-state index contributed by atoms with van der Waals surface area (Å²) in [7, 11) is 0. The number of aromatic nitrogens is 2. The molecule has 5 heteroatoms. The lowest BCUT2D eigenvalue weighted by molar-refractivity contribution is 0.0952. The number of nitrogens with one attached hydrogen (secondary N) is 2. The predicted molar refractivity (Wildman–Crippen MR) is 83.3 cm³/mol. The molecule has 0 radical (unpaired) electrons. The van der Waals surface area contributed by atoms with Gasteiger partial charge in [0.2, 0.25) is 0 Å². The Morgan fingerprint density at radius 1 is 1.24 bits per heavy atom. The van der Waals surface area contributed by atoms with Gasteiger partial charge in [-0.3, -0.25) is 14.7 Å². The second-order valence-corrected chi connectivity index (χ2v) is 5.30. The Bertz CT molecular complexity index is 564. The van der Waals surface area contributed by atoms with Gasteiger partial charge in [-0.2, -0.15) is 5.10 Å². The second kappa shape index (κ2) is 8.19. The molecule has 1 rings (SSSR count). The highest BCUT2D eigenvalue weighted by molar-refractivity contribution is 5.97. The highest BCUT2D eigenvalue weighted by atomic mass is 16.2. The zero-order chi connectivity index (χ0) is 15.8. The molecule has 1 heterocycles. The number of hydrogen-bond donors (Lipinski definition) is 2. The molecule has 0 aromatic carbocycles. The lowest BCUT2D eigenvalue weighted by atomic mass is 10.1. The molecule has 0 unspecified atom stereocenters. The summed E-state index contributed by atoms with van der Waals surface area (Å²) in [6.45, 7) is 8.09. The number of rotatable bonds is 7.